The maximum Gasteiger partial charge on any atom is 0.258 e. The fourth-order valence-electron chi connectivity index (χ4n) is 2.05. The highest BCUT2D eigenvalue weighted by atomic mass is 16.5. The summed E-state index contributed by atoms with van der Waals surface area (Å²) in [6.45, 7) is 7.05. The summed E-state index contributed by atoms with van der Waals surface area (Å²) in [7, 11) is 0. The summed E-state index contributed by atoms with van der Waals surface area (Å²) in [5.74, 6) is 0.589. The number of carbonyl (C=O) groups excluding carboxylic acids is 1. The van der Waals surface area contributed by atoms with Crippen LogP contribution in [-0.4, -0.2) is 12.5 Å². The quantitative estimate of drug-likeness (QED) is 0.914. The lowest BCUT2D eigenvalue weighted by Gasteiger charge is -2.19. The van der Waals surface area contributed by atoms with Crippen LogP contribution >= 0.6 is 0 Å². The highest BCUT2D eigenvalue weighted by Crippen LogP contribution is 2.24. The van der Waals surface area contributed by atoms with E-state index in [2.05, 4.69) is 26.1 Å². The average molecular weight is 297 g/mol. The molecule has 116 valence electrons. The van der Waals surface area contributed by atoms with Gasteiger partial charge in [-0.1, -0.05) is 63.2 Å². The molecule has 0 aromatic heterocycles. The first-order chi connectivity index (χ1) is 10.4. The molecule has 0 atom stereocenters. The maximum atomic E-state index is 11.8. The van der Waals surface area contributed by atoms with E-state index in [1.54, 1.807) is 0 Å². The van der Waals surface area contributed by atoms with Crippen LogP contribution in [0.25, 0.3) is 0 Å². The van der Waals surface area contributed by atoms with Gasteiger partial charge in [-0.3, -0.25) is 4.79 Å². The van der Waals surface area contributed by atoms with Gasteiger partial charge in [0.05, 0.1) is 0 Å². The molecule has 0 saturated heterocycles. The van der Waals surface area contributed by atoms with Gasteiger partial charge in [0.15, 0.2) is 6.61 Å². The second-order valence-corrected chi connectivity index (χ2v) is 6.33. The molecule has 2 rings (SSSR count). The molecule has 3 heteroatoms. The fourth-order valence-corrected chi connectivity index (χ4v) is 2.05. The SMILES string of the molecule is CC(C)(C)c1ccc(OCC(=O)NCc2ccccc2)cc1. The summed E-state index contributed by atoms with van der Waals surface area (Å²) in [6, 6.07) is 17.7. The zero-order chi connectivity index (χ0) is 16.0. The van der Waals surface area contributed by atoms with E-state index in [1.807, 2.05) is 54.6 Å². The van der Waals surface area contributed by atoms with Crippen molar-refractivity contribution in [3.8, 4) is 5.75 Å². The van der Waals surface area contributed by atoms with E-state index in [-0.39, 0.29) is 17.9 Å². The van der Waals surface area contributed by atoms with Crippen molar-refractivity contribution in [3.05, 3.63) is 65.7 Å². The fraction of sp³-hybridized carbons (Fsp3) is 0.316. The molecule has 22 heavy (non-hydrogen) atoms. The molecule has 0 radical (unpaired) electrons. The Morgan fingerprint density at radius 3 is 2.23 bits per heavy atom. The molecule has 0 heterocycles. The lowest BCUT2D eigenvalue weighted by Crippen LogP contribution is -2.28. The molecule has 0 unspecified atom stereocenters. The highest BCUT2D eigenvalue weighted by Gasteiger charge is 2.13. The van der Waals surface area contributed by atoms with Crippen molar-refractivity contribution in [1.29, 1.82) is 0 Å². The van der Waals surface area contributed by atoms with Crippen molar-refractivity contribution >= 4 is 5.91 Å². The minimum Gasteiger partial charge on any atom is -0.484 e. The van der Waals surface area contributed by atoms with Gasteiger partial charge in [0, 0.05) is 6.54 Å². The van der Waals surface area contributed by atoms with Gasteiger partial charge in [0.25, 0.3) is 5.91 Å². The number of rotatable bonds is 5. The second kappa shape index (κ2) is 7.12. The summed E-state index contributed by atoms with van der Waals surface area (Å²) in [5.41, 5.74) is 2.43. The van der Waals surface area contributed by atoms with Gasteiger partial charge in [-0.05, 0) is 28.7 Å². The molecule has 0 bridgehead atoms. The Hall–Kier alpha value is -2.29. The molecular formula is C19H23NO2. The zero-order valence-corrected chi connectivity index (χ0v) is 13.4. The Balaban J connectivity index is 1.79. The molecule has 0 aliphatic rings. The van der Waals surface area contributed by atoms with E-state index in [0.29, 0.717) is 12.3 Å². The number of nitrogens with one attached hydrogen (secondary N) is 1. The minimum absolute atomic E-state index is 0.0295. The van der Waals surface area contributed by atoms with Crippen LogP contribution in [0, 0.1) is 0 Å². The van der Waals surface area contributed by atoms with Gasteiger partial charge >= 0.3 is 0 Å². The van der Waals surface area contributed by atoms with Crippen molar-refractivity contribution in [2.45, 2.75) is 32.7 Å². The average Bonchev–Trinajstić information content (AvgIpc) is 2.51. The molecule has 1 amide bonds. The maximum absolute atomic E-state index is 11.8. The van der Waals surface area contributed by atoms with Crippen LogP contribution < -0.4 is 10.1 Å². The topological polar surface area (TPSA) is 38.3 Å². The molecule has 0 aliphatic heterocycles. The molecular weight excluding hydrogens is 274 g/mol. The van der Waals surface area contributed by atoms with Crippen LogP contribution in [0.15, 0.2) is 54.6 Å². The van der Waals surface area contributed by atoms with E-state index < -0.39 is 0 Å². The Morgan fingerprint density at radius 1 is 1.00 bits per heavy atom. The molecule has 0 spiro atoms. The number of hydrogen-bond donors (Lipinski definition) is 1. The van der Waals surface area contributed by atoms with E-state index >= 15 is 0 Å². The number of ether oxygens (including phenoxy) is 1. The molecule has 0 fully saturated rings. The summed E-state index contributed by atoms with van der Waals surface area (Å²) in [4.78, 5) is 11.8. The van der Waals surface area contributed by atoms with Crippen LogP contribution in [-0.2, 0) is 16.8 Å². The molecule has 0 saturated carbocycles. The second-order valence-electron chi connectivity index (χ2n) is 6.33. The third kappa shape index (κ3) is 4.92. The molecule has 2 aromatic rings. The van der Waals surface area contributed by atoms with Gasteiger partial charge in [-0.2, -0.15) is 0 Å². The monoisotopic (exact) mass is 297 g/mol. The Labute approximate surface area is 132 Å². The lowest BCUT2D eigenvalue weighted by atomic mass is 9.87. The largest absolute Gasteiger partial charge is 0.484 e. The van der Waals surface area contributed by atoms with E-state index in [1.165, 1.54) is 5.56 Å². The van der Waals surface area contributed by atoms with Crippen molar-refractivity contribution in [2.75, 3.05) is 6.61 Å². The van der Waals surface area contributed by atoms with E-state index in [9.17, 15) is 4.79 Å². The number of hydrogen-bond acceptors (Lipinski definition) is 2. The summed E-state index contributed by atoms with van der Waals surface area (Å²) >= 11 is 0. The van der Waals surface area contributed by atoms with Gasteiger partial charge in [0.1, 0.15) is 5.75 Å². The van der Waals surface area contributed by atoms with E-state index in [4.69, 9.17) is 4.74 Å². The number of amides is 1. The first-order valence-corrected chi connectivity index (χ1v) is 7.49. The molecule has 2 aromatic carbocycles. The van der Waals surface area contributed by atoms with Crippen LogP contribution in [0.1, 0.15) is 31.9 Å². The lowest BCUT2D eigenvalue weighted by molar-refractivity contribution is -0.123. The standard InChI is InChI=1S/C19H23NO2/c1-19(2,3)16-9-11-17(12-10-16)22-14-18(21)20-13-15-7-5-4-6-8-15/h4-12H,13-14H2,1-3H3,(H,20,21). The molecule has 1 N–H and O–H groups in total. The zero-order valence-electron chi connectivity index (χ0n) is 13.4. The Bertz CT molecular complexity index is 598. The van der Waals surface area contributed by atoms with Gasteiger partial charge < -0.3 is 10.1 Å². The van der Waals surface area contributed by atoms with E-state index in [0.717, 1.165) is 5.56 Å². The van der Waals surface area contributed by atoms with Gasteiger partial charge in [0.2, 0.25) is 0 Å². The third-order valence-electron chi connectivity index (χ3n) is 3.42. The highest BCUT2D eigenvalue weighted by molar-refractivity contribution is 5.77. The normalized spacial score (nSPS) is 11.0. The summed E-state index contributed by atoms with van der Waals surface area (Å²) in [6.07, 6.45) is 0. The van der Waals surface area contributed by atoms with Crippen molar-refractivity contribution < 1.29 is 9.53 Å². The third-order valence-corrected chi connectivity index (χ3v) is 3.42. The van der Waals surface area contributed by atoms with Gasteiger partial charge in [-0.15, -0.1) is 0 Å². The summed E-state index contributed by atoms with van der Waals surface area (Å²) in [5, 5.41) is 2.84. The van der Waals surface area contributed by atoms with Gasteiger partial charge in [-0.25, -0.2) is 0 Å². The number of benzene rings is 2. The predicted molar refractivity (Wildman–Crippen MR) is 88.9 cm³/mol. The van der Waals surface area contributed by atoms with Crippen LogP contribution in [0.3, 0.4) is 0 Å². The predicted octanol–water partition coefficient (Wildman–Crippen LogP) is 3.68. The van der Waals surface area contributed by atoms with Crippen LogP contribution in [0.2, 0.25) is 0 Å². The van der Waals surface area contributed by atoms with Crippen molar-refractivity contribution in [3.63, 3.8) is 0 Å². The summed E-state index contributed by atoms with van der Waals surface area (Å²) < 4.78 is 5.51. The molecule has 0 aliphatic carbocycles. The van der Waals surface area contributed by atoms with Crippen molar-refractivity contribution in [2.24, 2.45) is 0 Å². The smallest absolute Gasteiger partial charge is 0.258 e. The first-order valence-electron chi connectivity index (χ1n) is 7.49. The number of carbonyl (C=O) groups is 1. The van der Waals surface area contributed by atoms with Crippen LogP contribution in [0.4, 0.5) is 0 Å². The Morgan fingerprint density at radius 2 is 1.64 bits per heavy atom. The van der Waals surface area contributed by atoms with Crippen molar-refractivity contribution in [1.82, 2.24) is 5.32 Å². The molecule has 3 nitrogen and oxygen atoms in total. The van der Waals surface area contributed by atoms with Crippen LogP contribution in [0.5, 0.6) is 5.75 Å². The minimum atomic E-state index is -0.122. The Kier molecular flexibility index (Phi) is 5.21. The first kappa shape index (κ1) is 16.1.